The van der Waals surface area contributed by atoms with Crippen molar-refractivity contribution in [2.24, 2.45) is 10.9 Å². The Hall–Kier alpha value is -1.61. The van der Waals surface area contributed by atoms with E-state index in [9.17, 15) is 4.79 Å². The minimum Gasteiger partial charge on any atom is -0.355 e. The van der Waals surface area contributed by atoms with Gasteiger partial charge in [-0.1, -0.05) is 48.8 Å². The number of nitrogens with zero attached hydrogens (tertiary/aromatic N) is 2. The first-order valence-electron chi connectivity index (χ1n) is 9.14. The number of hydrogen-bond donors (Lipinski definition) is 4. The monoisotopic (exact) mass is 408 g/mol. The van der Waals surface area contributed by atoms with Crippen LogP contribution in [0.1, 0.15) is 26.7 Å². The molecule has 0 radical (unpaired) electrons. The summed E-state index contributed by atoms with van der Waals surface area (Å²) < 4.78 is 0. The Labute approximate surface area is 168 Å². The second-order valence-corrected chi connectivity index (χ2v) is 7.97. The molecule has 0 bridgehead atoms. The highest BCUT2D eigenvalue weighted by Gasteiger charge is 2.44. The second kappa shape index (κ2) is 9.05. The van der Waals surface area contributed by atoms with Gasteiger partial charge < -0.3 is 5.32 Å². The molecule has 2 aliphatic rings. The number of rotatable bonds is 6. The van der Waals surface area contributed by atoms with E-state index in [1.54, 1.807) is 11.0 Å². The summed E-state index contributed by atoms with van der Waals surface area (Å²) in [6.45, 7) is 4.79. The Morgan fingerprint density at radius 1 is 1.41 bits per heavy atom. The number of thioether (sulfide) groups is 1. The summed E-state index contributed by atoms with van der Waals surface area (Å²) in [6, 6.07) is 7.48. The van der Waals surface area contributed by atoms with E-state index in [-0.39, 0.29) is 29.8 Å². The predicted molar refractivity (Wildman–Crippen MR) is 112 cm³/mol. The first-order chi connectivity index (χ1) is 13.0. The summed E-state index contributed by atoms with van der Waals surface area (Å²) in [6.07, 6.45) is 1.78. The lowest BCUT2D eigenvalue weighted by Gasteiger charge is -2.36. The number of hydrogen-bond acceptors (Lipinski definition) is 6. The lowest BCUT2D eigenvalue weighted by atomic mass is 9.97. The maximum Gasteiger partial charge on any atom is 0.230 e. The molecule has 3 unspecified atom stereocenters. The van der Waals surface area contributed by atoms with Gasteiger partial charge in [-0.2, -0.15) is 0 Å². The van der Waals surface area contributed by atoms with Gasteiger partial charge in [-0.15, -0.1) is 0 Å². The molecule has 1 aromatic carbocycles. The minimum absolute atomic E-state index is 0.0326. The number of hydrazine groups is 1. The van der Waals surface area contributed by atoms with Crippen LogP contribution in [0.4, 0.5) is 5.69 Å². The van der Waals surface area contributed by atoms with Gasteiger partial charge in [0, 0.05) is 12.6 Å². The molecule has 1 aromatic rings. The van der Waals surface area contributed by atoms with Gasteiger partial charge in [0.25, 0.3) is 0 Å². The molecular weight excluding hydrogens is 384 g/mol. The number of nitrogens with one attached hydrogen (secondary N) is 4. The van der Waals surface area contributed by atoms with Gasteiger partial charge in [0.1, 0.15) is 12.0 Å². The third kappa shape index (κ3) is 4.45. The standard InChI is InChI=1S/C18H25ClN6OS/c1-3-4-9-21-14(26)10-27-18-22-17-15(11(2)23-24-17)16(20)25(18)13-8-6-5-7-12(13)19/h5-8,11,15,17,20,23-24H,3-4,9-10H2,1-2H3,(H,21,26). The van der Waals surface area contributed by atoms with E-state index in [0.717, 1.165) is 12.8 Å². The molecule has 0 aromatic heterocycles. The van der Waals surface area contributed by atoms with E-state index >= 15 is 0 Å². The summed E-state index contributed by atoms with van der Waals surface area (Å²) in [5, 5.41) is 12.8. The number of fused-ring (bicyclic) bond motifs is 1. The molecule has 1 amide bonds. The van der Waals surface area contributed by atoms with Crippen molar-refractivity contribution in [1.82, 2.24) is 16.2 Å². The average molecular weight is 409 g/mol. The van der Waals surface area contributed by atoms with E-state index in [4.69, 9.17) is 22.0 Å². The van der Waals surface area contributed by atoms with Crippen LogP contribution >= 0.6 is 23.4 Å². The van der Waals surface area contributed by atoms with Gasteiger partial charge in [-0.3, -0.25) is 20.5 Å². The molecule has 2 aliphatic heterocycles. The first kappa shape index (κ1) is 20.1. The molecule has 27 heavy (non-hydrogen) atoms. The Kier molecular flexibility index (Phi) is 6.75. The smallest absolute Gasteiger partial charge is 0.230 e. The zero-order valence-electron chi connectivity index (χ0n) is 15.5. The molecule has 1 saturated heterocycles. The summed E-state index contributed by atoms with van der Waals surface area (Å²) in [4.78, 5) is 18.6. The van der Waals surface area contributed by atoms with E-state index < -0.39 is 0 Å². The van der Waals surface area contributed by atoms with Crippen molar-refractivity contribution in [2.45, 2.75) is 38.9 Å². The van der Waals surface area contributed by atoms with Crippen LogP contribution in [0.15, 0.2) is 29.3 Å². The van der Waals surface area contributed by atoms with Gasteiger partial charge in [0.15, 0.2) is 5.17 Å². The van der Waals surface area contributed by atoms with Gasteiger partial charge >= 0.3 is 0 Å². The molecule has 3 atom stereocenters. The zero-order chi connectivity index (χ0) is 19.4. The molecule has 9 heteroatoms. The van der Waals surface area contributed by atoms with Crippen LogP contribution in [0.5, 0.6) is 0 Å². The summed E-state index contributed by atoms with van der Waals surface area (Å²) in [5.41, 5.74) is 6.99. The maximum atomic E-state index is 12.1. The first-order valence-corrected chi connectivity index (χ1v) is 10.5. The number of anilines is 1. The summed E-state index contributed by atoms with van der Waals surface area (Å²) in [7, 11) is 0. The highest BCUT2D eigenvalue weighted by molar-refractivity contribution is 8.14. The molecular formula is C18H25ClN6OS. The lowest BCUT2D eigenvalue weighted by molar-refractivity contribution is -0.118. The SMILES string of the molecule is CCCCNC(=O)CSC1=NC2NNC(C)C2C(=N)N1c1ccccc1Cl. The van der Waals surface area contributed by atoms with Crippen LogP contribution in [-0.2, 0) is 4.79 Å². The maximum absolute atomic E-state index is 12.1. The van der Waals surface area contributed by atoms with Gasteiger partial charge in [0.05, 0.1) is 22.4 Å². The number of amides is 1. The third-order valence-corrected chi connectivity index (χ3v) is 5.89. The lowest BCUT2D eigenvalue weighted by Crippen LogP contribution is -2.50. The van der Waals surface area contributed by atoms with Crippen molar-refractivity contribution in [2.75, 3.05) is 17.2 Å². The quantitative estimate of drug-likeness (QED) is 0.543. The van der Waals surface area contributed by atoms with E-state index in [0.29, 0.717) is 28.3 Å². The normalized spacial score (nSPS) is 24.6. The number of unbranched alkanes of at least 4 members (excludes halogenated alkanes) is 1. The molecule has 2 heterocycles. The Bertz CT molecular complexity index is 742. The summed E-state index contributed by atoms with van der Waals surface area (Å²) >= 11 is 7.73. The highest BCUT2D eigenvalue weighted by Crippen LogP contribution is 2.34. The van der Waals surface area contributed by atoms with Crippen molar-refractivity contribution >= 4 is 46.0 Å². The zero-order valence-corrected chi connectivity index (χ0v) is 17.0. The van der Waals surface area contributed by atoms with Crippen LogP contribution in [0.2, 0.25) is 5.02 Å². The molecule has 0 spiro atoms. The topological polar surface area (TPSA) is 92.6 Å². The molecule has 1 fully saturated rings. The fraction of sp³-hybridized carbons (Fsp3) is 0.500. The van der Waals surface area contributed by atoms with Crippen LogP contribution in [-0.4, -0.2) is 41.4 Å². The van der Waals surface area contributed by atoms with Crippen molar-refractivity contribution in [3.8, 4) is 0 Å². The van der Waals surface area contributed by atoms with Crippen LogP contribution in [0.3, 0.4) is 0 Å². The van der Waals surface area contributed by atoms with Crippen LogP contribution in [0.25, 0.3) is 0 Å². The van der Waals surface area contributed by atoms with Crippen molar-refractivity contribution in [3.63, 3.8) is 0 Å². The van der Waals surface area contributed by atoms with Crippen LogP contribution < -0.4 is 21.1 Å². The Morgan fingerprint density at radius 2 is 2.19 bits per heavy atom. The molecule has 3 rings (SSSR count). The fourth-order valence-corrected chi connectivity index (χ4v) is 4.25. The van der Waals surface area contributed by atoms with Crippen molar-refractivity contribution in [1.29, 1.82) is 5.41 Å². The van der Waals surface area contributed by atoms with Gasteiger partial charge in [-0.25, -0.2) is 10.4 Å². The number of carbonyl (C=O) groups excluding carboxylic acids is 1. The predicted octanol–water partition coefficient (Wildman–Crippen LogP) is 2.58. The molecule has 0 saturated carbocycles. The Morgan fingerprint density at radius 3 is 2.93 bits per heavy atom. The number of aliphatic imine (C=N–C) groups is 1. The molecule has 146 valence electrons. The van der Waals surface area contributed by atoms with Crippen molar-refractivity contribution in [3.05, 3.63) is 29.3 Å². The van der Waals surface area contributed by atoms with E-state index in [2.05, 4.69) is 23.1 Å². The minimum atomic E-state index is -0.225. The molecule has 7 nitrogen and oxygen atoms in total. The van der Waals surface area contributed by atoms with Crippen molar-refractivity contribution < 1.29 is 4.79 Å². The Balaban J connectivity index is 1.82. The number of para-hydroxylation sites is 1. The third-order valence-electron chi connectivity index (χ3n) is 4.61. The van der Waals surface area contributed by atoms with Crippen LogP contribution in [0, 0.1) is 11.3 Å². The number of benzene rings is 1. The largest absolute Gasteiger partial charge is 0.355 e. The summed E-state index contributed by atoms with van der Waals surface area (Å²) in [5.74, 6) is 0.526. The van der Waals surface area contributed by atoms with E-state index in [1.807, 2.05) is 25.1 Å². The highest BCUT2D eigenvalue weighted by atomic mass is 35.5. The van der Waals surface area contributed by atoms with Gasteiger partial charge in [0.2, 0.25) is 5.91 Å². The number of amidine groups is 2. The number of halogens is 1. The second-order valence-electron chi connectivity index (χ2n) is 6.62. The van der Waals surface area contributed by atoms with Gasteiger partial charge in [-0.05, 0) is 25.5 Å². The average Bonchev–Trinajstić information content (AvgIpc) is 3.02. The molecule has 0 aliphatic carbocycles. The fourth-order valence-electron chi connectivity index (χ4n) is 3.15. The molecule has 4 N–H and O–H groups in total. The van der Waals surface area contributed by atoms with E-state index in [1.165, 1.54) is 11.8 Å². The number of carbonyl (C=O) groups is 1.